The van der Waals surface area contributed by atoms with Crippen molar-refractivity contribution in [1.82, 2.24) is 0 Å². The summed E-state index contributed by atoms with van der Waals surface area (Å²) in [6.45, 7) is 0. The van der Waals surface area contributed by atoms with Crippen LogP contribution in [0.1, 0.15) is 0 Å². The van der Waals surface area contributed by atoms with E-state index in [1.165, 1.54) is 0 Å². The molecule has 0 saturated heterocycles. The smallest absolute Gasteiger partial charge is 0.130 e. The zero-order chi connectivity index (χ0) is 10.3. The zero-order valence-electron chi connectivity index (χ0n) is 6.96. The van der Waals surface area contributed by atoms with Gasteiger partial charge in [-0.1, -0.05) is 12.1 Å². The number of benzene rings is 2. The summed E-state index contributed by atoms with van der Waals surface area (Å²) in [7, 11) is 0. The molecule has 0 amide bonds. The maximum Gasteiger partial charge on any atom is 0.130 e. The van der Waals surface area contributed by atoms with E-state index in [2.05, 4.69) is 31.9 Å². The molecule has 0 bridgehead atoms. The van der Waals surface area contributed by atoms with E-state index in [1.54, 1.807) is 24.3 Å². The van der Waals surface area contributed by atoms with Crippen LogP contribution in [0.25, 0.3) is 10.8 Å². The molecule has 0 heterocycles. The van der Waals surface area contributed by atoms with Crippen molar-refractivity contribution in [2.45, 2.75) is 0 Å². The first-order valence-electron chi connectivity index (χ1n) is 3.90. The Balaban J connectivity index is 2.98. The van der Waals surface area contributed by atoms with Crippen molar-refractivity contribution in [3.05, 3.63) is 33.2 Å². The maximum atomic E-state index is 9.48. The van der Waals surface area contributed by atoms with Crippen LogP contribution in [0.4, 0.5) is 0 Å². The van der Waals surface area contributed by atoms with Crippen LogP contribution in [0.5, 0.6) is 11.5 Å². The minimum absolute atomic E-state index is 0.156. The predicted octanol–water partition coefficient (Wildman–Crippen LogP) is 3.78. The summed E-state index contributed by atoms with van der Waals surface area (Å²) in [5.41, 5.74) is 0. The van der Waals surface area contributed by atoms with Crippen LogP contribution in [0.15, 0.2) is 33.2 Å². The van der Waals surface area contributed by atoms with Gasteiger partial charge in [-0.15, -0.1) is 0 Å². The average molecular weight is 318 g/mol. The number of fused-ring (bicyclic) bond motifs is 1. The Morgan fingerprint density at radius 1 is 0.786 bits per heavy atom. The minimum atomic E-state index is 0.156. The highest BCUT2D eigenvalue weighted by atomic mass is 79.9. The lowest BCUT2D eigenvalue weighted by molar-refractivity contribution is 0.471. The molecule has 0 spiro atoms. The molecule has 0 atom stereocenters. The topological polar surface area (TPSA) is 40.5 Å². The number of hydrogen-bond acceptors (Lipinski definition) is 2. The van der Waals surface area contributed by atoms with Gasteiger partial charge in [-0.05, 0) is 49.4 Å². The summed E-state index contributed by atoms with van der Waals surface area (Å²) >= 11 is 6.55. The molecule has 0 aliphatic carbocycles. The van der Waals surface area contributed by atoms with Crippen LogP contribution in [0, 0.1) is 0 Å². The predicted molar refractivity (Wildman–Crippen MR) is 62.7 cm³/mol. The highest BCUT2D eigenvalue weighted by molar-refractivity contribution is 9.11. The minimum Gasteiger partial charge on any atom is -0.507 e. The van der Waals surface area contributed by atoms with Gasteiger partial charge in [-0.2, -0.15) is 0 Å². The highest BCUT2D eigenvalue weighted by Gasteiger charge is 2.09. The van der Waals surface area contributed by atoms with Gasteiger partial charge in [0.05, 0.1) is 8.95 Å². The molecule has 72 valence electrons. The van der Waals surface area contributed by atoms with Crippen molar-refractivity contribution in [3.63, 3.8) is 0 Å². The van der Waals surface area contributed by atoms with E-state index in [1.807, 2.05) is 0 Å². The van der Waals surface area contributed by atoms with Gasteiger partial charge < -0.3 is 10.2 Å². The molecule has 4 heteroatoms. The molecule has 0 radical (unpaired) electrons. The van der Waals surface area contributed by atoms with Crippen LogP contribution in [-0.2, 0) is 0 Å². The van der Waals surface area contributed by atoms with Gasteiger partial charge in [0.25, 0.3) is 0 Å². The first-order chi connectivity index (χ1) is 6.61. The summed E-state index contributed by atoms with van der Waals surface area (Å²) in [4.78, 5) is 0. The summed E-state index contributed by atoms with van der Waals surface area (Å²) in [6, 6.07) is 6.80. The van der Waals surface area contributed by atoms with E-state index in [-0.39, 0.29) is 11.5 Å². The lowest BCUT2D eigenvalue weighted by Crippen LogP contribution is -1.79. The van der Waals surface area contributed by atoms with Crippen molar-refractivity contribution < 1.29 is 10.2 Å². The Morgan fingerprint density at radius 3 is 1.64 bits per heavy atom. The molecule has 0 unspecified atom stereocenters. The lowest BCUT2D eigenvalue weighted by atomic mass is 10.1. The fraction of sp³-hybridized carbons (Fsp3) is 0. The van der Waals surface area contributed by atoms with E-state index in [4.69, 9.17) is 0 Å². The fourth-order valence-electron chi connectivity index (χ4n) is 1.31. The molecule has 0 aromatic heterocycles. The Kier molecular flexibility index (Phi) is 2.41. The third kappa shape index (κ3) is 1.38. The van der Waals surface area contributed by atoms with Crippen molar-refractivity contribution in [2.75, 3.05) is 0 Å². The molecule has 2 aromatic rings. The fourth-order valence-corrected chi connectivity index (χ4v) is 2.70. The third-order valence-corrected chi connectivity index (χ3v) is 3.62. The van der Waals surface area contributed by atoms with Gasteiger partial charge in [0.15, 0.2) is 0 Å². The Labute approximate surface area is 97.4 Å². The quantitative estimate of drug-likeness (QED) is 0.776. The molecule has 14 heavy (non-hydrogen) atoms. The molecule has 0 aliphatic rings. The van der Waals surface area contributed by atoms with Gasteiger partial charge in [0, 0.05) is 5.39 Å². The van der Waals surface area contributed by atoms with Crippen molar-refractivity contribution in [3.8, 4) is 11.5 Å². The Morgan fingerprint density at radius 2 is 1.21 bits per heavy atom. The lowest BCUT2D eigenvalue weighted by Gasteiger charge is -2.06. The highest BCUT2D eigenvalue weighted by Crippen LogP contribution is 2.40. The zero-order valence-corrected chi connectivity index (χ0v) is 10.1. The van der Waals surface area contributed by atoms with Gasteiger partial charge in [0.1, 0.15) is 11.5 Å². The number of hydrogen-bond donors (Lipinski definition) is 2. The van der Waals surface area contributed by atoms with Gasteiger partial charge in [-0.3, -0.25) is 0 Å². The van der Waals surface area contributed by atoms with Gasteiger partial charge in [-0.25, -0.2) is 0 Å². The van der Waals surface area contributed by atoms with Crippen LogP contribution < -0.4 is 0 Å². The number of phenolic OH excluding ortho intramolecular Hbond substituents is 2. The Bertz CT molecular complexity index is 466. The summed E-state index contributed by atoms with van der Waals surface area (Å²) in [5, 5.41) is 20.7. The van der Waals surface area contributed by atoms with E-state index in [0.29, 0.717) is 8.95 Å². The summed E-state index contributed by atoms with van der Waals surface area (Å²) < 4.78 is 1.16. The molecule has 0 aliphatic heterocycles. The number of phenols is 2. The van der Waals surface area contributed by atoms with Crippen LogP contribution in [0.2, 0.25) is 0 Å². The van der Waals surface area contributed by atoms with Crippen molar-refractivity contribution in [2.24, 2.45) is 0 Å². The van der Waals surface area contributed by atoms with Crippen LogP contribution in [-0.4, -0.2) is 10.2 Å². The first-order valence-corrected chi connectivity index (χ1v) is 5.48. The molecular formula is C10H6Br2O2. The molecule has 2 aromatic carbocycles. The second-order valence-electron chi connectivity index (χ2n) is 2.90. The maximum absolute atomic E-state index is 9.48. The standard InChI is InChI=1S/C10H6Br2O2/c11-9-6(13)3-1-5-2-4-7(14)10(12)8(5)9/h1-4,13-14H. The summed E-state index contributed by atoms with van der Waals surface area (Å²) in [6.07, 6.45) is 0. The van der Waals surface area contributed by atoms with Crippen molar-refractivity contribution in [1.29, 1.82) is 0 Å². The normalized spacial score (nSPS) is 10.7. The molecule has 2 rings (SSSR count). The molecule has 0 fully saturated rings. The first kappa shape index (κ1) is 9.80. The third-order valence-electron chi connectivity index (χ3n) is 2.02. The monoisotopic (exact) mass is 316 g/mol. The van der Waals surface area contributed by atoms with E-state index in [9.17, 15) is 10.2 Å². The SMILES string of the molecule is Oc1ccc2ccc(O)c(Br)c2c1Br. The van der Waals surface area contributed by atoms with Crippen LogP contribution >= 0.6 is 31.9 Å². The van der Waals surface area contributed by atoms with E-state index >= 15 is 0 Å². The molecular weight excluding hydrogens is 312 g/mol. The molecule has 2 nitrogen and oxygen atoms in total. The second kappa shape index (κ2) is 3.44. The van der Waals surface area contributed by atoms with Crippen LogP contribution in [0.3, 0.4) is 0 Å². The van der Waals surface area contributed by atoms with E-state index < -0.39 is 0 Å². The summed E-state index contributed by atoms with van der Waals surface area (Å²) in [5.74, 6) is 0.313. The molecule has 0 saturated carbocycles. The number of halogens is 2. The van der Waals surface area contributed by atoms with E-state index in [0.717, 1.165) is 10.8 Å². The van der Waals surface area contributed by atoms with Gasteiger partial charge >= 0.3 is 0 Å². The number of aromatic hydroxyl groups is 2. The second-order valence-corrected chi connectivity index (χ2v) is 4.48. The van der Waals surface area contributed by atoms with Gasteiger partial charge in [0.2, 0.25) is 0 Å². The molecule has 2 N–H and O–H groups in total. The largest absolute Gasteiger partial charge is 0.507 e. The number of rotatable bonds is 0. The average Bonchev–Trinajstić information content (AvgIpc) is 2.17. The van der Waals surface area contributed by atoms with Crippen molar-refractivity contribution >= 4 is 42.6 Å². The Hall–Kier alpha value is -0.740.